The van der Waals surface area contributed by atoms with E-state index in [4.69, 9.17) is 4.98 Å². The number of fused-ring (bicyclic) bond motifs is 2. The van der Waals surface area contributed by atoms with E-state index in [0.29, 0.717) is 25.1 Å². The first kappa shape index (κ1) is 19.9. The van der Waals surface area contributed by atoms with E-state index in [-0.39, 0.29) is 11.7 Å². The molecule has 0 aliphatic heterocycles. The molecule has 32 heavy (non-hydrogen) atoms. The second kappa shape index (κ2) is 8.63. The van der Waals surface area contributed by atoms with Crippen LogP contribution in [0, 0.1) is 5.82 Å². The summed E-state index contributed by atoms with van der Waals surface area (Å²) in [6, 6.07) is 28.4. The summed E-state index contributed by atoms with van der Waals surface area (Å²) in [4.78, 5) is 17.2. The van der Waals surface area contributed by atoms with Crippen LogP contribution >= 0.6 is 0 Å². The number of para-hydroxylation sites is 2. The summed E-state index contributed by atoms with van der Waals surface area (Å²) in [5.74, 6) is 0.337. The molecule has 1 N–H and O–H groups in total. The highest BCUT2D eigenvalue weighted by Gasteiger charge is 2.13. The van der Waals surface area contributed by atoms with Gasteiger partial charge in [-0.3, -0.25) is 4.79 Å². The predicted octanol–water partition coefficient (Wildman–Crippen LogP) is 5.35. The summed E-state index contributed by atoms with van der Waals surface area (Å²) in [6.45, 7) is 1.14. The molecule has 0 saturated carbocycles. The number of hydrogen-bond acceptors (Lipinski definition) is 2. The fraction of sp³-hybridized carbons (Fsp3) is 0.111. The van der Waals surface area contributed by atoms with Gasteiger partial charge in [0.05, 0.1) is 11.0 Å². The highest BCUT2D eigenvalue weighted by Crippen LogP contribution is 2.23. The number of carbonyl (C=O) groups is 1. The Morgan fingerprint density at radius 2 is 1.62 bits per heavy atom. The van der Waals surface area contributed by atoms with Gasteiger partial charge in [-0.2, -0.15) is 0 Å². The van der Waals surface area contributed by atoms with Gasteiger partial charge < -0.3 is 9.88 Å². The van der Waals surface area contributed by atoms with Gasteiger partial charge in [0.1, 0.15) is 11.6 Å². The summed E-state index contributed by atoms with van der Waals surface area (Å²) in [6.07, 6.45) is 0.590. The number of rotatable bonds is 6. The van der Waals surface area contributed by atoms with Gasteiger partial charge >= 0.3 is 0 Å². The van der Waals surface area contributed by atoms with Gasteiger partial charge in [-0.1, -0.05) is 54.6 Å². The Bertz CT molecular complexity index is 1400. The molecule has 5 aromatic rings. The number of hydrogen-bond donors (Lipinski definition) is 1. The fourth-order valence-corrected chi connectivity index (χ4v) is 4.08. The van der Waals surface area contributed by atoms with Gasteiger partial charge in [0.25, 0.3) is 5.91 Å². The lowest BCUT2D eigenvalue weighted by molar-refractivity contribution is 0.0954. The molecule has 4 nitrogen and oxygen atoms in total. The van der Waals surface area contributed by atoms with Gasteiger partial charge in [-0.15, -0.1) is 0 Å². The zero-order chi connectivity index (χ0) is 21.9. The second-order valence-corrected chi connectivity index (χ2v) is 7.75. The van der Waals surface area contributed by atoms with Crippen LogP contribution in [-0.2, 0) is 13.0 Å². The summed E-state index contributed by atoms with van der Waals surface area (Å²) in [5, 5.41) is 5.35. The fourth-order valence-electron chi connectivity index (χ4n) is 4.08. The Morgan fingerprint density at radius 3 is 2.50 bits per heavy atom. The van der Waals surface area contributed by atoms with Gasteiger partial charge in [-0.25, -0.2) is 9.37 Å². The van der Waals surface area contributed by atoms with E-state index in [2.05, 4.69) is 52.3 Å². The molecule has 158 valence electrons. The van der Waals surface area contributed by atoms with Crippen LogP contribution in [0.2, 0.25) is 0 Å². The topological polar surface area (TPSA) is 46.9 Å². The molecular weight excluding hydrogens is 401 g/mol. The summed E-state index contributed by atoms with van der Waals surface area (Å²) < 4.78 is 15.3. The zero-order valence-electron chi connectivity index (χ0n) is 17.5. The van der Waals surface area contributed by atoms with Crippen molar-refractivity contribution in [3.63, 3.8) is 0 Å². The Morgan fingerprint density at radius 1 is 0.875 bits per heavy atom. The minimum atomic E-state index is -0.358. The van der Waals surface area contributed by atoms with Gasteiger partial charge in [0.15, 0.2) is 0 Å². The van der Waals surface area contributed by atoms with E-state index < -0.39 is 0 Å². The standard InChI is InChI=1S/C27H22FN3O/c28-22-14-12-20(13-15-22)27(32)29-17-16-26-30-24-10-3-4-11-25(24)31(26)18-21-8-5-7-19-6-1-2-9-23(19)21/h1-15H,16-18H2,(H,29,32). The Kier molecular flexibility index (Phi) is 5.38. The first-order valence-electron chi connectivity index (χ1n) is 10.6. The SMILES string of the molecule is O=C(NCCc1nc2ccccc2n1Cc1cccc2ccccc12)c1ccc(F)cc1. The van der Waals surface area contributed by atoms with Gasteiger partial charge in [0.2, 0.25) is 0 Å². The van der Waals surface area contributed by atoms with E-state index in [1.165, 1.54) is 40.6 Å². The lowest BCUT2D eigenvalue weighted by Crippen LogP contribution is -2.26. The lowest BCUT2D eigenvalue weighted by atomic mass is 10.0. The van der Waals surface area contributed by atoms with E-state index in [1.807, 2.05) is 24.3 Å². The number of benzene rings is 4. The molecule has 0 saturated heterocycles. The molecule has 0 unspecified atom stereocenters. The van der Waals surface area contributed by atoms with Crippen LogP contribution in [0.25, 0.3) is 21.8 Å². The van der Waals surface area contributed by atoms with Crippen LogP contribution in [0.15, 0.2) is 91.0 Å². The summed E-state index contributed by atoms with van der Waals surface area (Å²) in [5.41, 5.74) is 3.67. The lowest BCUT2D eigenvalue weighted by Gasteiger charge is -2.12. The number of halogens is 1. The normalized spacial score (nSPS) is 11.2. The number of amides is 1. The van der Waals surface area contributed by atoms with Crippen molar-refractivity contribution in [2.45, 2.75) is 13.0 Å². The molecule has 0 radical (unpaired) electrons. The molecule has 0 bridgehead atoms. The minimum Gasteiger partial charge on any atom is -0.352 e. The van der Waals surface area contributed by atoms with Crippen LogP contribution in [0.4, 0.5) is 4.39 Å². The van der Waals surface area contributed by atoms with Crippen LogP contribution in [0.3, 0.4) is 0 Å². The monoisotopic (exact) mass is 423 g/mol. The van der Waals surface area contributed by atoms with Crippen molar-refractivity contribution in [1.29, 1.82) is 0 Å². The smallest absolute Gasteiger partial charge is 0.251 e. The van der Waals surface area contributed by atoms with Crippen LogP contribution in [-0.4, -0.2) is 22.0 Å². The van der Waals surface area contributed by atoms with Gasteiger partial charge in [0, 0.05) is 25.1 Å². The number of imidazole rings is 1. The molecule has 0 atom stereocenters. The summed E-state index contributed by atoms with van der Waals surface area (Å²) in [7, 11) is 0. The molecule has 5 rings (SSSR count). The molecule has 5 heteroatoms. The minimum absolute atomic E-state index is 0.221. The average Bonchev–Trinajstić information content (AvgIpc) is 3.17. The summed E-state index contributed by atoms with van der Waals surface area (Å²) >= 11 is 0. The van der Waals surface area contributed by atoms with E-state index in [0.717, 1.165) is 16.9 Å². The van der Waals surface area contributed by atoms with Crippen molar-refractivity contribution in [2.75, 3.05) is 6.54 Å². The Hall–Kier alpha value is -3.99. The van der Waals surface area contributed by atoms with E-state index >= 15 is 0 Å². The average molecular weight is 423 g/mol. The number of nitrogens with one attached hydrogen (secondary N) is 1. The first-order chi connectivity index (χ1) is 15.7. The molecular formula is C27H22FN3O. The maximum Gasteiger partial charge on any atom is 0.251 e. The van der Waals surface area contributed by atoms with Crippen molar-refractivity contribution in [2.24, 2.45) is 0 Å². The third-order valence-electron chi connectivity index (χ3n) is 5.68. The number of carbonyl (C=O) groups excluding carboxylic acids is 1. The Balaban J connectivity index is 1.40. The highest BCUT2D eigenvalue weighted by molar-refractivity contribution is 5.94. The van der Waals surface area contributed by atoms with E-state index in [9.17, 15) is 9.18 Å². The molecule has 4 aromatic carbocycles. The molecule has 1 amide bonds. The third-order valence-corrected chi connectivity index (χ3v) is 5.68. The molecule has 1 heterocycles. The zero-order valence-corrected chi connectivity index (χ0v) is 17.5. The molecule has 1 aromatic heterocycles. The Labute approximate surface area is 185 Å². The first-order valence-corrected chi connectivity index (χ1v) is 10.6. The van der Waals surface area contributed by atoms with E-state index in [1.54, 1.807) is 0 Å². The number of nitrogens with zero attached hydrogens (tertiary/aromatic N) is 2. The molecule has 0 aliphatic rings. The van der Waals surface area contributed by atoms with Crippen molar-refractivity contribution >= 4 is 27.7 Å². The maximum absolute atomic E-state index is 13.1. The van der Waals surface area contributed by atoms with Crippen molar-refractivity contribution in [1.82, 2.24) is 14.9 Å². The largest absolute Gasteiger partial charge is 0.352 e. The van der Waals surface area contributed by atoms with Crippen molar-refractivity contribution < 1.29 is 9.18 Å². The van der Waals surface area contributed by atoms with Crippen LogP contribution in [0.1, 0.15) is 21.7 Å². The third kappa shape index (κ3) is 3.97. The maximum atomic E-state index is 13.1. The van der Waals surface area contributed by atoms with Crippen molar-refractivity contribution in [3.05, 3.63) is 114 Å². The molecule has 0 aliphatic carbocycles. The second-order valence-electron chi connectivity index (χ2n) is 7.75. The van der Waals surface area contributed by atoms with Crippen LogP contribution in [0.5, 0.6) is 0 Å². The molecule has 0 fully saturated rings. The molecule has 0 spiro atoms. The van der Waals surface area contributed by atoms with Crippen molar-refractivity contribution in [3.8, 4) is 0 Å². The van der Waals surface area contributed by atoms with Crippen LogP contribution < -0.4 is 5.32 Å². The highest BCUT2D eigenvalue weighted by atomic mass is 19.1. The predicted molar refractivity (Wildman–Crippen MR) is 125 cm³/mol. The number of aromatic nitrogens is 2. The quantitative estimate of drug-likeness (QED) is 0.400. The van der Waals surface area contributed by atoms with Gasteiger partial charge in [-0.05, 0) is 52.7 Å².